The normalized spacial score (nSPS) is 12.1. The number of benzene rings is 3. The summed E-state index contributed by atoms with van der Waals surface area (Å²) in [5, 5.41) is 0. The van der Waals surface area contributed by atoms with Gasteiger partial charge in [0.25, 0.3) is 0 Å². The first kappa shape index (κ1) is 18.6. The summed E-state index contributed by atoms with van der Waals surface area (Å²) >= 11 is 0. The maximum atomic E-state index is 13.6. The maximum absolute atomic E-state index is 13.6. The van der Waals surface area contributed by atoms with Gasteiger partial charge in [0.2, 0.25) is 0 Å². The minimum Gasteiger partial charge on any atom is -0.496 e. The average Bonchev–Trinajstić information content (AvgIpc) is 2.71. The molecule has 0 aliphatic heterocycles. The summed E-state index contributed by atoms with van der Waals surface area (Å²) in [6, 6.07) is 22.0. The minimum absolute atomic E-state index is 0.232. The van der Waals surface area contributed by atoms with Crippen LogP contribution in [-0.2, 0) is 6.61 Å². The highest BCUT2D eigenvalue weighted by Gasteiger charge is 2.11. The van der Waals surface area contributed by atoms with Crippen molar-refractivity contribution >= 4 is 6.21 Å². The van der Waals surface area contributed by atoms with Gasteiger partial charge >= 0.3 is 0 Å². The molecule has 0 aliphatic rings. The van der Waals surface area contributed by atoms with E-state index in [4.69, 9.17) is 9.47 Å². The van der Waals surface area contributed by atoms with Gasteiger partial charge in [-0.2, -0.15) is 0 Å². The largest absolute Gasteiger partial charge is 0.496 e. The Labute approximate surface area is 159 Å². The number of hydrogen-bond acceptors (Lipinski definition) is 3. The van der Waals surface area contributed by atoms with Crippen LogP contribution in [0.15, 0.2) is 77.8 Å². The lowest BCUT2D eigenvalue weighted by Gasteiger charge is -2.12. The topological polar surface area (TPSA) is 30.8 Å². The van der Waals surface area contributed by atoms with Gasteiger partial charge in [0, 0.05) is 11.8 Å². The smallest absolute Gasteiger partial charge is 0.124 e. The molecule has 3 nitrogen and oxygen atoms in total. The van der Waals surface area contributed by atoms with E-state index in [1.54, 1.807) is 19.4 Å². The van der Waals surface area contributed by atoms with Gasteiger partial charge in [-0.25, -0.2) is 4.39 Å². The molecule has 3 rings (SSSR count). The van der Waals surface area contributed by atoms with Crippen molar-refractivity contribution in [3.8, 4) is 11.5 Å². The summed E-state index contributed by atoms with van der Waals surface area (Å²) in [6.07, 6.45) is 1.77. The van der Waals surface area contributed by atoms with E-state index in [1.807, 2.05) is 61.5 Å². The minimum atomic E-state index is -0.302. The Kier molecular flexibility index (Phi) is 6.21. The summed E-state index contributed by atoms with van der Waals surface area (Å²) in [5.74, 6) is 1.10. The molecule has 0 spiro atoms. The van der Waals surface area contributed by atoms with E-state index in [0.29, 0.717) is 17.9 Å². The van der Waals surface area contributed by atoms with Crippen LogP contribution in [0, 0.1) is 5.82 Å². The van der Waals surface area contributed by atoms with Crippen molar-refractivity contribution in [2.45, 2.75) is 19.6 Å². The van der Waals surface area contributed by atoms with Crippen LogP contribution in [0.1, 0.15) is 29.7 Å². The number of aliphatic imine (C=N–C) groups is 1. The number of nitrogens with zero attached hydrogens (tertiary/aromatic N) is 1. The highest BCUT2D eigenvalue weighted by Crippen LogP contribution is 2.28. The Balaban J connectivity index is 1.69. The zero-order valence-corrected chi connectivity index (χ0v) is 15.4. The summed E-state index contributed by atoms with van der Waals surface area (Å²) < 4.78 is 24.7. The fourth-order valence-corrected chi connectivity index (χ4v) is 2.74. The van der Waals surface area contributed by atoms with Gasteiger partial charge in [0.05, 0.1) is 13.2 Å². The zero-order valence-electron chi connectivity index (χ0n) is 15.4. The van der Waals surface area contributed by atoms with E-state index >= 15 is 0 Å². The monoisotopic (exact) mass is 363 g/mol. The fourth-order valence-electron chi connectivity index (χ4n) is 2.74. The third kappa shape index (κ3) is 5.17. The van der Waals surface area contributed by atoms with Gasteiger partial charge < -0.3 is 9.47 Å². The standard InChI is InChI=1S/C23H22FNO2/c1-17(22-14-20(24)11-12-23(22)26-2)25-15-19-9-6-10-21(13-19)27-16-18-7-4-3-5-8-18/h3-15,17H,16H2,1-2H3. The second-order valence-corrected chi connectivity index (χ2v) is 6.19. The van der Waals surface area contributed by atoms with Crippen LogP contribution in [0.5, 0.6) is 11.5 Å². The van der Waals surface area contributed by atoms with Gasteiger partial charge in [-0.05, 0) is 48.4 Å². The lowest BCUT2D eigenvalue weighted by atomic mass is 10.1. The van der Waals surface area contributed by atoms with Crippen LogP contribution in [0.3, 0.4) is 0 Å². The van der Waals surface area contributed by atoms with Crippen molar-refractivity contribution < 1.29 is 13.9 Å². The summed E-state index contributed by atoms with van der Waals surface area (Å²) in [6.45, 7) is 2.42. The zero-order chi connectivity index (χ0) is 19.1. The Hall–Kier alpha value is -3.14. The molecule has 0 bridgehead atoms. The Bertz CT molecular complexity index is 909. The molecule has 1 atom stereocenters. The Morgan fingerprint density at radius 2 is 1.81 bits per heavy atom. The summed E-state index contributed by atoms with van der Waals surface area (Å²) in [5.41, 5.74) is 2.75. The molecule has 0 heterocycles. The van der Waals surface area contributed by atoms with Gasteiger partial charge in [-0.15, -0.1) is 0 Å². The van der Waals surface area contributed by atoms with Crippen LogP contribution in [0.2, 0.25) is 0 Å². The summed E-state index contributed by atoms with van der Waals surface area (Å²) in [7, 11) is 1.57. The van der Waals surface area contributed by atoms with Crippen LogP contribution < -0.4 is 9.47 Å². The van der Waals surface area contributed by atoms with Crippen LogP contribution in [0.4, 0.5) is 4.39 Å². The Morgan fingerprint density at radius 3 is 2.59 bits per heavy atom. The maximum Gasteiger partial charge on any atom is 0.124 e. The molecule has 0 aromatic heterocycles. The average molecular weight is 363 g/mol. The van der Waals surface area contributed by atoms with Gasteiger partial charge in [-0.1, -0.05) is 42.5 Å². The first-order valence-corrected chi connectivity index (χ1v) is 8.79. The van der Waals surface area contributed by atoms with Crippen LogP contribution in [-0.4, -0.2) is 13.3 Å². The highest BCUT2D eigenvalue weighted by molar-refractivity contribution is 5.80. The molecule has 0 radical (unpaired) electrons. The predicted octanol–water partition coefficient (Wildman–Crippen LogP) is 5.59. The third-order valence-corrected chi connectivity index (χ3v) is 4.20. The lowest BCUT2D eigenvalue weighted by Crippen LogP contribution is -1.98. The number of hydrogen-bond donors (Lipinski definition) is 0. The molecule has 0 N–H and O–H groups in total. The van der Waals surface area contributed by atoms with E-state index in [2.05, 4.69) is 4.99 Å². The van der Waals surface area contributed by atoms with Gasteiger partial charge in [0.15, 0.2) is 0 Å². The molecule has 0 saturated carbocycles. The van der Waals surface area contributed by atoms with Gasteiger partial charge in [0.1, 0.15) is 23.9 Å². The number of methoxy groups -OCH3 is 1. The van der Waals surface area contributed by atoms with E-state index in [1.165, 1.54) is 12.1 Å². The van der Waals surface area contributed by atoms with Crippen molar-refractivity contribution in [2.75, 3.05) is 7.11 Å². The second-order valence-electron chi connectivity index (χ2n) is 6.19. The van der Waals surface area contributed by atoms with E-state index in [9.17, 15) is 4.39 Å². The molecule has 27 heavy (non-hydrogen) atoms. The number of rotatable bonds is 7. The molecule has 0 aliphatic carbocycles. The molecule has 3 aromatic rings. The van der Waals surface area contributed by atoms with E-state index in [0.717, 1.165) is 16.9 Å². The summed E-state index contributed by atoms with van der Waals surface area (Å²) in [4.78, 5) is 4.55. The predicted molar refractivity (Wildman–Crippen MR) is 106 cm³/mol. The number of halogens is 1. The molecule has 0 amide bonds. The lowest BCUT2D eigenvalue weighted by molar-refractivity contribution is 0.306. The van der Waals surface area contributed by atoms with Crippen molar-refractivity contribution in [3.05, 3.63) is 95.3 Å². The molecule has 4 heteroatoms. The fraction of sp³-hybridized carbons (Fsp3) is 0.174. The van der Waals surface area contributed by atoms with Crippen molar-refractivity contribution in [2.24, 2.45) is 4.99 Å². The highest BCUT2D eigenvalue weighted by atomic mass is 19.1. The Morgan fingerprint density at radius 1 is 1.00 bits per heavy atom. The van der Waals surface area contributed by atoms with Crippen molar-refractivity contribution in [1.29, 1.82) is 0 Å². The van der Waals surface area contributed by atoms with Crippen LogP contribution >= 0.6 is 0 Å². The quantitative estimate of drug-likeness (QED) is 0.512. The van der Waals surface area contributed by atoms with Crippen LogP contribution in [0.25, 0.3) is 0 Å². The first-order valence-electron chi connectivity index (χ1n) is 8.79. The second kappa shape index (κ2) is 8.99. The molecular formula is C23H22FNO2. The third-order valence-electron chi connectivity index (χ3n) is 4.20. The molecule has 3 aromatic carbocycles. The SMILES string of the molecule is COc1ccc(F)cc1C(C)N=Cc1cccc(OCc2ccccc2)c1. The number of ether oxygens (including phenoxy) is 2. The molecule has 0 fully saturated rings. The van der Waals surface area contributed by atoms with E-state index in [-0.39, 0.29) is 11.9 Å². The van der Waals surface area contributed by atoms with Gasteiger partial charge in [-0.3, -0.25) is 4.99 Å². The van der Waals surface area contributed by atoms with Crippen molar-refractivity contribution in [1.82, 2.24) is 0 Å². The first-order chi connectivity index (χ1) is 13.2. The van der Waals surface area contributed by atoms with Crippen molar-refractivity contribution in [3.63, 3.8) is 0 Å². The molecular weight excluding hydrogens is 341 g/mol. The molecule has 1 unspecified atom stereocenters. The molecule has 138 valence electrons. The van der Waals surface area contributed by atoms with E-state index < -0.39 is 0 Å². The molecule has 0 saturated heterocycles.